The number of benzene rings is 1. The molecule has 0 radical (unpaired) electrons. The number of hydrogen-bond acceptors (Lipinski definition) is 2. The maximum absolute atomic E-state index is 10.9. The van der Waals surface area contributed by atoms with Gasteiger partial charge in [0, 0.05) is 0 Å². The van der Waals surface area contributed by atoms with E-state index >= 15 is 0 Å². The van der Waals surface area contributed by atoms with Crippen LogP contribution < -0.4 is 0 Å². The van der Waals surface area contributed by atoms with Gasteiger partial charge in [0.05, 0.1) is 11.6 Å². The third-order valence-corrected chi connectivity index (χ3v) is 4.60. The highest BCUT2D eigenvalue weighted by atomic mass is 16.3. The fourth-order valence-corrected chi connectivity index (χ4v) is 3.31. The number of aliphatic hydroxyl groups excluding tert-OH is 1. The van der Waals surface area contributed by atoms with Crippen molar-refractivity contribution in [3.05, 3.63) is 35.4 Å². The van der Waals surface area contributed by atoms with E-state index in [0.29, 0.717) is 0 Å². The zero-order valence-corrected chi connectivity index (χ0v) is 11.8. The third kappa shape index (κ3) is 2.32. The van der Waals surface area contributed by atoms with Gasteiger partial charge in [-0.1, -0.05) is 43.5 Å². The second kappa shape index (κ2) is 5.41. The van der Waals surface area contributed by atoms with Crippen molar-refractivity contribution in [1.82, 2.24) is 4.90 Å². The molecule has 18 heavy (non-hydrogen) atoms. The van der Waals surface area contributed by atoms with Gasteiger partial charge < -0.3 is 10.0 Å². The van der Waals surface area contributed by atoms with E-state index < -0.39 is 0 Å². The fourth-order valence-electron chi connectivity index (χ4n) is 3.31. The molecule has 1 aliphatic rings. The first kappa shape index (κ1) is 13.6. The van der Waals surface area contributed by atoms with Crippen LogP contribution in [0.3, 0.4) is 0 Å². The summed E-state index contributed by atoms with van der Waals surface area (Å²) in [5.74, 6) is 0. The number of hydrogen-bond donors (Lipinski definition) is 1. The van der Waals surface area contributed by atoms with Gasteiger partial charge in [-0.05, 0) is 45.0 Å². The first-order valence-electron chi connectivity index (χ1n) is 6.99. The minimum atomic E-state index is -0.381. The Bertz CT molecular complexity index is 394. The Labute approximate surface area is 111 Å². The molecule has 0 aromatic heterocycles. The summed E-state index contributed by atoms with van der Waals surface area (Å²) < 4.78 is 0. The van der Waals surface area contributed by atoms with E-state index in [4.69, 9.17) is 0 Å². The summed E-state index contributed by atoms with van der Waals surface area (Å²) in [6.07, 6.45) is 5.55. The van der Waals surface area contributed by atoms with Gasteiger partial charge in [-0.2, -0.15) is 0 Å². The third-order valence-electron chi connectivity index (χ3n) is 4.60. The molecule has 2 heteroatoms. The summed E-state index contributed by atoms with van der Waals surface area (Å²) in [5, 5.41) is 10.9. The van der Waals surface area contributed by atoms with Crippen LogP contribution in [0.5, 0.6) is 0 Å². The van der Waals surface area contributed by atoms with E-state index in [1.165, 1.54) is 24.8 Å². The van der Waals surface area contributed by atoms with Crippen molar-refractivity contribution in [3.63, 3.8) is 0 Å². The van der Waals surface area contributed by atoms with Crippen molar-refractivity contribution in [2.45, 2.75) is 50.7 Å². The standard InChI is InChI=1S/C16H25NO/c1-13-9-5-6-10-14(13)15(18)16(17(2)3)11-7-4-8-12-16/h5-6,9-10,15,18H,4,7-8,11-12H2,1-3H3. The highest BCUT2D eigenvalue weighted by Crippen LogP contribution is 2.42. The molecular weight excluding hydrogens is 222 g/mol. The van der Waals surface area contributed by atoms with Crippen LogP contribution in [0.1, 0.15) is 49.3 Å². The normalized spacial score (nSPS) is 20.9. The quantitative estimate of drug-likeness (QED) is 0.886. The zero-order chi connectivity index (χ0) is 13.2. The van der Waals surface area contributed by atoms with Gasteiger partial charge in [0.15, 0.2) is 0 Å². The lowest BCUT2D eigenvalue weighted by Crippen LogP contribution is -2.50. The molecule has 0 aliphatic heterocycles. The molecule has 1 aliphatic carbocycles. The Hall–Kier alpha value is -0.860. The Kier molecular flexibility index (Phi) is 4.08. The van der Waals surface area contributed by atoms with Crippen molar-refractivity contribution >= 4 is 0 Å². The average molecular weight is 247 g/mol. The van der Waals surface area contributed by atoms with Crippen molar-refractivity contribution < 1.29 is 5.11 Å². The van der Waals surface area contributed by atoms with Gasteiger partial charge in [0.1, 0.15) is 0 Å². The van der Waals surface area contributed by atoms with Gasteiger partial charge in [0.2, 0.25) is 0 Å². The Morgan fingerprint density at radius 3 is 2.28 bits per heavy atom. The molecule has 1 saturated carbocycles. The van der Waals surface area contributed by atoms with Crippen molar-refractivity contribution in [2.24, 2.45) is 0 Å². The molecule has 2 rings (SSSR count). The Morgan fingerprint density at radius 2 is 1.72 bits per heavy atom. The molecular formula is C16H25NO. The average Bonchev–Trinajstić information content (AvgIpc) is 2.39. The monoisotopic (exact) mass is 247 g/mol. The number of nitrogens with zero attached hydrogens (tertiary/aromatic N) is 1. The highest BCUT2D eigenvalue weighted by molar-refractivity contribution is 5.30. The Morgan fingerprint density at radius 1 is 1.11 bits per heavy atom. The molecule has 1 atom stereocenters. The summed E-state index contributed by atoms with van der Waals surface area (Å²) >= 11 is 0. The zero-order valence-electron chi connectivity index (χ0n) is 11.8. The molecule has 0 amide bonds. The second-order valence-corrected chi connectivity index (χ2v) is 5.82. The van der Waals surface area contributed by atoms with E-state index in [1.54, 1.807) is 0 Å². The van der Waals surface area contributed by atoms with E-state index in [-0.39, 0.29) is 11.6 Å². The first-order chi connectivity index (χ1) is 8.58. The van der Waals surface area contributed by atoms with Crippen LogP contribution >= 0.6 is 0 Å². The molecule has 100 valence electrons. The van der Waals surface area contributed by atoms with Crippen molar-refractivity contribution in [3.8, 4) is 0 Å². The SMILES string of the molecule is Cc1ccccc1C(O)C1(N(C)C)CCCCC1. The van der Waals surface area contributed by atoms with E-state index in [1.807, 2.05) is 12.1 Å². The topological polar surface area (TPSA) is 23.5 Å². The minimum absolute atomic E-state index is 0.0790. The summed E-state index contributed by atoms with van der Waals surface area (Å²) in [4.78, 5) is 2.24. The maximum Gasteiger partial charge on any atom is 0.0975 e. The molecule has 1 fully saturated rings. The predicted molar refractivity (Wildman–Crippen MR) is 75.6 cm³/mol. The lowest BCUT2D eigenvalue weighted by molar-refractivity contribution is -0.0338. The largest absolute Gasteiger partial charge is 0.386 e. The van der Waals surface area contributed by atoms with Gasteiger partial charge in [0.25, 0.3) is 0 Å². The van der Waals surface area contributed by atoms with Crippen LogP contribution in [-0.2, 0) is 0 Å². The smallest absolute Gasteiger partial charge is 0.0975 e. The first-order valence-corrected chi connectivity index (χ1v) is 6.99. The van der Waals surface area contributed by atoms with Gasteiger partial charge >= 0.3 is 0 Å². The maximum atomic E-state index is 10.9. The lowest BCUT2D eigenvalue weighted by Gasteiger charge is -2.46. The van der Waals surface area contributed by atoms with E-state index in [0.717, 1.165) is 18.4 Å². The minimum Gasteiger partial charge on any atom is -0.386 e. The molecule has 0 spiro atoms. The second-order valence-electron chi connectivity index (χ2n) is 5.82. The fraction of sp³-hybridized carbons (Fsp3) is 0.625. The van der Waals surface area contributed by atoms with Crippen LogP contribution in [0.2, 0.25) is 0 Å². The van der Waals surface area contributed by atoms with Gasteiger partial charge in [-0.25, -0.2) is 0 Å². The molecule has 2 nitrogen and oxygen atoms in total. The lowest BCUT2D eigenvalue weighted by atomic mass is 9.74. The van der Waals surface area contributed by atoms with E-state index in [2.05, 4.69) is 38.1 Å². The van der Waals surface area contributed by atoms with Crippen LogP contribution in [0, 0.1) is 6.92 Å². The Balaban J connectivity index is 2.34. The van der Waals surface area contributed by atoms with Crippen LogP contribution in [0.4, 0.5) is 0 Å². The molecule has 1 N–H and O–H groups in total. The molecule has 0 heterocycles. The number of aryl methyl sites for hydroxylation is 1. The van der Waals surface area contributed by atoms with E-state index in [9.17, 15) is 5.11 Å². The van der Waals surface area contributed by atoms with Gasteiger partial charge in [-0.15, -0.1) is 0 Å². The summed E-state index contributed by atoms with van der Waals surface area (Å²) in [5.41, 5.74) is 2.20. The van der Waals surface area contributed by atoms with Gasteiger partial charge in [-0.3, -0.25) is 0 Å². The summed E-state index contributed by atoms with van der Waals surface area (Å²) in [7, 11) is 4.21. The molecule has 0 bridgehead atoms. The predicted octanol–water partition coefficient (Wildman–Crippen LogP) is 3.29. The van der Waals surface area contributed by atoms with Crippen molar-refractivity contribution in [2.75, 3.05) is 14.1 Å². The number of likely N-dealkylation sites (N-methyl/N-ethyl adjacent to an activating group) is 1. The molecule has 1 aromatic carbocycles. The number of rotatable bonds is 3. The van der Waals surface area contributed by atoms with Crippen LogP contribution in [0.25, 0.3) is 0 Å². The molecule has 0 saturated heterocycles. The van der Waals surface area contributed by atoms with Crippen molar-refractivity contribution in [1.29, 1.82) is 0 Å². The van der Waals surface area contributed by atoms with Crippen LogP contribution in [0.15, 0.2) is 24.3 Å². The molecule has 1 unspecified atom stereocenters. The van der Waals surface area contributed by atoms with Crippen LogP contribution in [-0.4, -0.2) is 29.6 Å². The number of aliphatic hydroxyl groups is 1. The molecule has 1 aromatic rings. The highest BCUT2D eigenvalue weighted by Gasteiger charge is 2.41. The summed E-state index contributed by atoms with van der Waals surface area (Å²) in [6.45, 7) is 2.09. The summed E-state index contributed by atoms with van der Waals surface area (Å²) in [6, 6.07) is 8.22.